The molecule has 0 radical (unpaired) electrons. The Morgan fingerprint density at radius 3 is 2.26 bits per heavy atom. The number of benzene rings is 1. The third-order valence-corrected chi connectivity index (χ3v) is 6.68. The summed E-state index contributed by atoms with van der Waals surface area (Å²) in [6.45, 7) is 6.39. The molecule has 8 heteroatoms. The number of aromatic nitrogens is 2. The van der Waals surface area contributed by atoms with E-state index in [1.807, 2.05) is 62.7 Å². The molecule has 3 amide bonds. The number of fused-ring (bicyclic) bond motifs is 1. The molecular weight excluding hydrogens is 430 g/mol. The molecule has 178 valence electrons. The fourth-order valence-electron chi connectivity index (χ4n) is 4.69. The Bertz CT molecular complexity index is 1160. The molecule has 34 heavy (non-hydrogen) atoms. The van der Waals surface area contributed by atoms with Crippen LogP contribution in [0.2, 0.25) is 0 Å². The van der Waals surface area contributed by atoms with Gasteiger partial charge in [-0.15, -0.1) is 0 Å². The van der Waals surface area contributed by atoms with E-state index in [2.05, 4.69) is 4.98 Å². The number of urea groups is 1. The van der Waals surface area contributed by atoms with Crippen LogP contribution in [0.25, 0.3) is 5.65 Å². The number of hydrogen-bond acceptors (Lipinski definition) is 4. The molecule has 2 saturated heterocycles. The van der Waals surface area contributed by atoms with E-state index in [1.165, 1.54) is 6.42 Å². The summed E-state index contributed by atoms with van der Waals surface area (Å²) in [5.74, 6) is 0.690. The molecule has 2 aliphatic heterocycles. The van der Waals surface area contributed by atoms with Gasteiger partial charge in [0, 0.05) is 57.2 Å². The van der Waals surface area contributed by atoms with Crippen LogP contribution in [0.5, 0.6) is 5.75 Å². The number of amides is 3. The Kier molecular flexibility index (Phi) is 6.38. The van der Waals surface area contributed by atoms with Gasteiger partial charge in [-0.05, 0) is 62.1 Å². The average molecular weight is 462 g/mol. The molecule has 2 fully saturated rings. The molecule has 5 rings (SSSR count). The van der Waals surface area contributed by atoms with Gasteiger partial charge in [-0.1, -0.05) is 6.07 Å². The minimum atomic E-state index is -0.00699. The highest BCUT2D eigenvalue weighted by Gasteiger charge is 2.28. The fourth-order valence-corrected chi connectivity index (χ4v) is 4.69. The predicted octanol–water partition coefficient (Wildman–Crippen LogP) is 3.59. The van der Waals surface area contributed by atoms with Gasteiger partial charge < -0.3 is 23.8 Å². The van der Waals surface area contributed by atoms with Crippen molar-refractivity contribution in [1.29, 1.82) is 0 Å². The number of pyridine rings is 1. The first kappa shape index (κ1) is 22.3. The highest BCUT2D eigenvalue weighted by molar-refractivity contribution is 5.94. The minimum absolute atomic E-state index is 0.00699. The summed E-state index contributed by atoms with van der Waals surface area (Å²) >= 11 is 0. The third-order valence-electron chi connectivity index (χ3n) is 6.68. The van der Waals surface area contributed by atoms with Crippen molar-refractivity contribution < 1.29 is 14.3 Å². The summed E-state index contributed by atoms with van der Waals surface area (Å²) in [7, 11) is 0. The van der Waals surface area contributed by atoms with Crippen LogP contribution in [0.15, 0.2) is 48.8 Å². The largest absolute Gasteiger partial charge is 0.487 e. The topological polar surface area (TPSA) is 70.4 Å². The lowest BCUT2D eigenvalue weighted by Crippen LogP contribution is -2.54. The number of hydrogen-bond donors (Lipinski definition) is 0. The number of piperazine rings is 1. The van der Waals surface area contributed by atoms with E-state index in [-0.39, 0.29) is 11.9 Å². The lowest BCUT2D eigenvalue weighted by Gasteiger charge is -2.38. The maximum Gasteiger partial charge on any atom is 0.320 e. The smallest absolute Gasteiger partial charge is 0.320 e. The van der Waals surface area contributed by atoms with E-state index in [0.29, 0.717) is 44.1 Å². The molecule has 2 aliphatic rings. The lowest BCUT2D eigenvalue weighted by molar-refractivity contribution is 0.0633. The molecule has 0 spiro atoms. The third kappa shape index (κ3) is 4.71. The minimum Gasteiger partial charge on any atom is -0.487 e. The normalized spacial score (nSPS) is 16.7. The van der Waals surface area contributed by atoms with Gasteiger partial charge in [0.1, 0.15) is 18.0 Å². The molecule has 0 bridgehead atoms. The maximum atomic E-state index is 13.0. The summed E-state index contributed by atoms with van der Waals surface area (Å²) in [6.07, 6.45) is 7.32. The van der Waals surface area contributed by atoms with Crippen molar-refractivity contribution >= 4 is 17.6 Å². The quantitative estimate of drug-likeness (QED) is 0.596. The monoisotopic (exact) mass is 461 g/mol. The van der Waals surface area contributed by atoms with Crippen molar-refractivity contribution in [1.82, 2.24) is 24.1 Å². The van der Waals surface area contributed by atoms with Crippen molar-refractivity contribution in [2.24, 2.45) is 0 Å². The molecule has 8 nitrogen and oxygen atoms in total. The highest BCUT2D eigenvalue weighted by atomic mass is 16.5. The summed E-state index contributed by atoms with van der Waals surface area (Å²) in [6, 6.07) is 11.4. The van der Waals surface area contributed by atoms with Crippen molar-refractivity contribution in [2.75, 3.05) is 39.3 Å². The first-order chi connectivity index (χ1) is 16.6. The number of carbonyl (C=O) groups is 2. The van der Waals surface area contributed by atoms with Crippen LogP contribution in [0, 0.1) is 6.92 Å². The van der Waals surface area contributed by atoms with Crippen molar-refractivity contribution in [3.05, 3.63) is 65.6 Å². The van der Waals surface area contributed by atoms with E-state index in [9.17, 15) is 9.59 Å². The van der Waals surface area contributed by atoms with Gasteiger partial charge in [-0.3, -0.25) is 4.79 Å². The number of aryl methyl sites for hydroxylation is 1. The predicted molar refractivity (Wildman–Crippen MR) is 129 cm³/mol. The van der Waals surface area contributed by atoms with E-state index in [0.717, 1.165) is 42.8 Å². The van der Waals surface area contributed by atoms with Gasteiger partial charge in [0.05, 0.1) is 5.69 Å². The molecule has 0 aliphatic carbocycles. The molecule has 4 heterocycles. The number of nitrogens with zero attached hydrogens (tertiary/aromatic N) is 5. The Morgan fingerprint density at radius 2 is 1.56 bits per heavy atom. The molecule has 3 aromatic rings. The number of rotatable bonds is 4. The SMILES string of the molecule is Cc1cccn2cc(COc3ccc(C(=O)N4CCN(C(=O)N5CCCCC5)CC4)cc3)nc12. The second kappa shape index (κ2) is 9.75. The lowest BCUT2D eigenvalue weighted by atomic mass is 10.1. The first-order valence-corrected chi connectivity index (χ1v) is 12.1. The van der Waals surface area contributed by atoms with Crippen molar-refractivity contribution in [3.8, 4) is 5.75 Å². The second-order valence-corrected chi connectivity index (χ2v) is 9.08. The van der Waals surface area contributed by atoms with Crippen LogP contribution in [0.1, 0.15) is 40.9 Å². The number of piperidine rings is 1. The Morgan fingerprint density at radius 1 is 0.882 bits per heavy atom. The van der Waals surface area contributed by atoms with Crippen molar-refractivity contribution in [2.45, 2.75) is 32.8 Å². The van der Waals surface area contributed by atoms with E-state index in [4.69, 9.17) is 4.74 Å². The zero-order valence-corrected chi connectivity index (χ0v) is 19.7. The van der Waals surface area contributed by atoms with Crippen LogP contribution in [0.4, 0.5) is 4.79 Å². The molecular formula is C26H31N5O3. The van der Waals surface area contributed by atoms with Crippen LogP contribution in [0.3, 0.4) is 0 Å². The molecule has 2 aromatic heterocycles. The van der Waals surface area contributed by atoms with Gasteiger partial charge in [-0.25, -0.2) is 9.78 Å². The van der Waals surface area contributed by atoms with Crippen LogP contribution in [-0.4, -0.2) is 75.3 Å². The first-order valence-electron chi connectivity index (χ1n) is 12.1. The van der Waals surface area contributed by atoms with Crippen LogP contribution in [-0.2, 0) is 6.61 Å². The molecule has 0 unspecified atom stereocenters. The van der Waals surface area contributed by atoms with E-state index >= 15 is 0 Å². The molecule has 1 aromatic carbocycles. The Labute approximate surface area is 199 Å². The van der Waals surface area contributed by atoms with Gasteiger partial charge in [0.15, 0.2) is 0 Å². The second-order valence-electron chi connectivity index (χ2n) is 9.08. The summed E-state index contributed by atoms with van der Waals surface area (Å²) in [5, 5.41) is 0. The molecule has 0 saturated carbocycles. The molecule has 0 N–H and O–H groups in total. The summed E-state index contributed by atoms with van der Waals surface area (Å²) in [5.41, 5.74) is 3.53. The Balaban J connectivity index is 1.13. The van der Waals surface area contributed by atoms with E-state index in [1.54, 1.807) is 12.1 Å². The van der Waals surface area contributed by atoms with E-state index < -0.39 is 0 Å². The van der Waals surface area contributed by atoms with Crippen molar-refractivity contribution in [3.63, 3.8) is 0 Å². The average Bonchev–Trinajstić information content (AvgIpc) is 3.32. The van der Waals surface area contributed by atoms with Crippen LogP contribution < -0.4 is 4.74 Å². The zero-order valence-electron chi connectivity index (χ0n) is 19.7. The number of ether oxygens (including phenoxy) is 1. The fraction of sp³-hybridized carbons (Fsp3) is 0.423. The highest BCUT2D eigenvalue weighted by Crippen LogP contribution is 2.18. The maximum absolute atomic E-state index is 13.0. The molecule has 0 atom stereocenters. The van der Waals surface area contributed by atoms with Crippen LogP contribution >= 0.6 is 0 Å². The zero-order chi connectivity index (χ0) is 23.5. The summed E-state index contributed by atoms with van der Waals surface area (Å²) in [4.78, 5) is 35.9. The number of carbonyl (C=O) groups excluding carboxylic acids is 2. The Hall–Kier alpha value is -3.55. The number of imidazole rings is 1. The van der Waals surface area contributed by atoms with Gasteiger partial charge >= 0.3 is 6.03 Å². The van der Waals surface area contributed by atoms with Gasteiger partial charge in [-0.2, -0.15) is 0 Å². The standard InChI is InChI=1S/C26H31N5O3/c1-20-6-5-13-31-18-22(27-24(20)31)19-34-23-9-7-21(8-10-23)25(32)28-14-16-30(17-15-28)26(33)29-11-3-2-4-12-29/h5-10,13,18H,2-4,11-12,14-17,19H2,1H3. The summed E-state index contributed by atoms with van der Waals surface area (Å²) < 4.78 is 7.89. The van der Waals surface area contributed by atoms with Gasteiger partial charge in [0.2, 0.25) is 0 Å². The van der Waals surface area contributed by atoms with Gasteiger partial charge in [0.25, 0.3) is 5.91 Å². The number of likely N-dealkylation sites (tertiary alicyclic amines) is 1.